The van der Waals surface area contributed by atoms with Gasteiger partial charge in [0.25, 0.3) is 0 Å². The molecular formula is C22H42N2O4. The van der Waals surface area contributed by atoms with Crippen molar-refractivity contribution in [1.29, 1.82) is 0 Å². The largest absolute Gasteiger partial charge is 0.388 e. The minimum Gasteiger partial charge on any atom is -0.388 e. The molecule has 1 aliphatic rings. The van der Waals surface area contributed by atoms with Gasteiger partial charge in [0.15, 0.2) is 0 Å². The Morgan fingerprint density at radius 1 is 0.786 bits per heavy atom. The van der Waals surface area contributed by atoms with Crippen LogP contribution in [0.25, 0.3) is 0 Å². The van der Waals surface area contributed by atoms with Crippen molar-refractivity contribution < 1.29 is 19.8 Å². The van der Waals surface area contributed by atoms with Crippen molar-refractivity contribution in [2.24, 2.45) is 5.41 Å². The van der Waals surface area contributed by atoms with Crippen LogP contribution < -0.4 is 10.6 Å². The standard InChI is InChI=1S/C22H42N2O4/c1-7-21(27,8-2)16(5)23-18(25)20(14-12-11-13-15-20)19(26)24-17(6)22(28,9-3)10-4/h16-17,27-28H,7-15H2,1-6H3,(H,23,25)(H,24,26)/t16-,17-/m1/s1. The lowest BCUT2D eigenvalue weighted by atomic mass is 9.71. The molecule has 0 aromatic rings. The van der Waals surface area contributed by atoms with Crippen molar-refractivity contribution in [1.82, 2.24) is 10.6 Å². The molecule has 0 heterocycles. The highest BCUT2D eigenvalue weighted by atomic mass is 16.3. The summed E-state index contributed by atoms with van der Waals surface area (Å²) in [6, 6.07) is -0.885. The summed E-state index contributed by atoms with van der Waals surface area (Å²) >= 11 is 0. The molecule has 0 saturated heterocycles. The van der Waals surface area contributed by atoms with E-state index in [1.54, 1.807) is 13.8 Å². The molecule has 1 fully saturated rings. The van der Waals surface area contributed by atoms with Gasteiger partial charge in [0.1, 0.15) is 5.41 Å². The van der Waals surface area contributed by atoms with Gasteiger partial charge in [-0.05, 0) is 52.4 Å². The Morgan fingerprint density at radius 3 is 1.39 bits per heavy atom. The van der Waals surface area contributed by atoms with E-state index in [9.17, 15) is 19.8 Å². The van der Waals surface area contributed by atoms with E-state index in [0.29, 0.717) is 38.5 Å². The van der Waals surface area contributed by atoms with Gasteiger partial charge in [-0.15, -0.1) is 0 Å². The van der Waals surface area contributed by atoms with Crippen molar-refractivity contribution in [2.45, 2.75) is 123 Å². The summed E-state index contributed by atoms with van der Waals surface area (Å²) < 4.78 is 0. The maximum absolute atomic E-state index is 13.3. The van der Waals surface area contributed by atoms with Gasteiger partial charge in [-0.1, -0.05) is 47.0 Å². The predicted molar refractivity (Wildman–Crippen MR) is 112 cm³/mol. The molecule has 0 bridgehead atoms. The molecule has 2 atom stereocenters. The first-order valence-corrected chi connectivity index (χ1v) is 11.1. The molecule has 0 aliphatic heterocycles. The normalized spacial score (nSPS) is 19.6. The molecule has 2 amide bonds. The van der Waals surface area contributed by atoms with Crippen LogP contribution in [0.5, 0.6) is 0 Å². The third kappa shape index (κ3) is 5.07. The van der Waals surface area contributed by atoms with Gasteiger partial charge in [-0.2, -0.15) is 0 Å². The lowest BCUT2D eigenvalue weighted by Gasteiger charge is -2.40. The summed E-state index contributed by atoms with van der Waals surface area (Å²) in [5.41, 5.74) is -3.11. The fourth-order valence-corrected chi connectivity index (χ4v) is 4.38. The summed E-state index contributed by atoms with van der Waals surface area (Å²) in [5, 5.41) is 27.4. The van der Waals surface area contributed by atoms with Crippen LogP contribution in [-0.4, -0.2) is 45.3 Å². The lowest BCUT2D eigenvalue weighted by Crippen LogP contribution is -2.61. The summed E-state index contributed by atoms with van der Waals surface area (Å²) in [6.07, 6.45) is 5.76. The molecule has 1 aliphatic carbocycles. The van der Waals surface area contributed by atoms with Crippen LogP contribution in [-0.2, 0) is 9.59 Å². The molecule has 164 valence electrons. The van der Waals surface area contributed by atoms with Gasteiger partial charge >= 0.3 is 0 Å². The minimum atomic E-state index is -1.13. The zero-order valence-electron chi connectivity index (χ0n) is 18.7. The molecule has 1 saturated carbocycles. The second kappa shape index (κ2) is 10.1. The van der Waals surface area contributed by atoms with Crippen LogP contribution in [0, 0.1) is 5.41 Å². The molecule has 0 radical (unpaired) electrons. The number of hydrogen-bond donors (Lipinski definition) is 4. The summed E-state index contributed by atoms with van der Waals surface area (Å²) in [4.78, 5) is 26.6. The van der Waals surface area contributed by atoms with Crippen LogP contribution in [0.3, 0.4) is 0 Å². The van der Waals surface area contributed by atoms with Crippen LogP contribution in [0.2, 0.25) is 0 Å². The molecule has 28 heavy (non-hydrogen) atoms. The topological polar surface area (TPSA) is 98.7 Å². The van der Waals surface area contributed by atoms with E-state index >= 15 is 0 Å². The highest BCUT2D eigenvalue weighted by molar-refractivity contribution is 6.05. The summed E-state index contributed by atoms with van der Waals surface area (Å²) in [5.74, 6) is -0.609. The van der Waals surface area contributed by atoms with Crippen molar-refractivity contribution in [3.05, 3.63) is 0 Å². The monoisotopic (exact) mass is 398 g/mol. The Kier molecular flexibility index (Phi) is 8.94. The van der Waals surface area contributed by atoms with Gasteiger partial charge in [-0.25, -0.2) is 0 Å². The molecule has 0 aromatic heterocycles. The van der Waals surface area contributed by atoms with Crippen LogP contribution in [0.4, 0.5) is 0 Å². The molecule has 0 aromatic carbocycles. The highest BCUT2D eigenvalue weighted by Crippen LogP contribution is 2.38. The van der Waals surface area contributed by atoms with Crippen molar-refractivity contribution in [2.75, 3.05) is 0 Å². The van der Waals surface area contributed by atoms with E-state index in [1.807, 2.05) is 27.7 Å². The minimum absolute atomic E-state index is 0.304. The highest BCUT2D eigenvalue weighted by Gasteiger charge is 2.49. The zero-order chi connectivity index (χ0) is 21.6. The Bertz CT molecular complexity index is 481. The molecule has 0 unspecified atom stereocenters. The van der Waals surface area contributed by atoms with Gasteiger partial charge in [0.05, 0.1) is 23.3 Å². The average molecular weight is 399 g/mol. The van der Waals surface area contributed by atoms with Gasteiger partial charge in [0, 0.05) is 0 Å². The van der Waals surface area contributed by atoms with E-state index < -0.39 is 28.7 Å². The van der Waals surface area contributed by atoms with Gasteiger partial charge < -0.3 is 20.8 Å². The smallest absolute Gasteiger partial charge is 0.236 e. The first kappa shape index (κ1) is 24.9. The van der Waals surface area contributed by atoms with E-state index in [-0.39, 0.29) is 11.8 Å². The van der Waals surface area contributed by atoms with Gasteiger partial charge in [0.2, 0.25) is 11.8 Å². The van der Waals surface area contributed by atoms with Crippen molar-refractivity contribution in [3.63, 3.8) is 0 Å². The fourth-order valence-electron chi connectivity index (χ4n) is 4.38. The maximum Gasteiger partial charge on any atom is 0.236 e. The quantitative estimate of drug-likeness (QED) is 0.425. The number of carbonyl (C=O) groups excluding carboxylic acids is 2. The second-order valence-electron chi connectivity index (χ2n) is 8.65. The third-order valence-corrected chi connectivity index (χ3v) is 7.33. The Labute approximate surface area is 170 Å². The van der Waals surface area contributed by atoms with Crippen molar-refractivity contribution in [3.8, 4) is 0 Å². The Hall–Kier alpha value is -1.14. The molecule has 6 nitrogen and oxygen atoms in total. The molecule has 4 N–H and O–H groups in total. The molecular weight excluding hydrogens is 356 g/mol. The number of hydrogen-bond acceptors (Lipinski definition) is 4. The molecule has 6 heteroatoms. The number of carbonyl (C=O) groups is 2. The molecule has 0 spiro atoms. The van der Waals surface area contributed by atoms with E-state index in [0.717, 1.165) is 19.3 Å². The second-order valence-corrected chi connectivity index (χ2v) is 8.65. The van der Waals surface area contributed by atoms with Crippen LogP contribution in [0.15, 0.2) is 0 Å². The molecule has 1 rings (SSSR count). The van der Waals surface area contributed by atoms with Crippen LogP contribution in [0.1, 0.15) is 99.3 Å². The predicted octanol–water partition coefficient (Wildman–Crippen LogP) is 3.05. The SMILES string of the molecule is CCC(O)(CC)[C@@H](C)NC(=O)C1(C(=O)N[C@H](C)C(O)(CC)CC)CCCCC1. The number of aliphatic hydroxyl groups is 2. The maximum atomic E-state index is 13.3. The first-order valence-electron chi connectivity index (χ1n) is 11.1. The van der Waals surface area contributed by atoms with E-state index in [4.69, 9.17) is 0 Å². The summed E-state index contributed by atoms with van der Waals surface area (Å²) in [7, 11) is 0. The van der Waals surface area contributed by atoms with Crippen molar-refractivity contribution >= 4 is 11.8 Å². The van der Waals surface area contributed by atoms with Crippen LogP contribution >= 0.6 is 0 Å². The first-order chi connectivity index (χ1) is 13.0. The average Bonchev–Trinajstić information content (AvgIpc) is 2.72. The summed E-state index contributed by atoms with van der Waals surface area (Å²) in [6.45, 7) is 11.2. The fraction of sp³-hybridized carbons (Fsp3) is 0.909. The zero-order valence-corrected chi connectivity index (χ0v) is 18.7. The van der Waals surface area contributed by atoms with E-state index in [2.05, 4.69) is 10.6 Å². The lowest BCUT2D eigenvalue weighted by molar-refractivity contribution is -0.149. The van der Waals surface area contributed by atoms with E-state index in [1.165, 1.54) is 0 Å². The van der Waals surface area contributed by atoms with Gasteiger partial charge in [-0.3, -0.25) is 9.59 Å². The number of amides is 2. The Morgan fingerprint density at radius 2 is 1.11 bits per heavy atom. The third-order valence-electron chi connectivity index (χ3n) is 7.33. The number of nitrogens with one attached hydrogen (secondary N) is 2. The number of rotatable bonds is 10. The Balaban J connectivity index is 3.04.